The Labute approximate surface area is 157 Å². The molecule has 2 aromatic rings. The van der Waals surface area contributed by atoms with Crippen molar-refractivity contribution in [3.63, 3.8) is 0 Å². The minimum atomic E-state index is -0.154. The summed E-state index contributed by atoms with van der Waals surface area (Å²) in [5, 5.41) is 0. The van der Waals surface area contributed by atoms with Gasteiger partial charge in [-0.1, -0.05) is 0 Å². The molecule has 2 aliphatic rings. The summed E-state index contributed by atoms with van der Waals surface area (Å²) >= 11 is 0. The van der Waals surface area contributed by atoms with E-state index in [4.69, 9.17) is 5.73 Å². The SMILES string of the molecule is Cc1nc([C@H]2CCCN(C(=O)c3nc(N)nc4c3CCCC4)C2)cc(=O)[nH]1. The molecule has 0 bridgehead atoms. The molecule has 1 atom stereocenters. The topological polar surface area (TPSA) is 118 Å². The highest BCUT2D eigenvalue weighted by Crippen LogP contribution is 2.28. The lowest BCUT2D eigenvalue weighted by atomic mass is 9.92. The second-order valence-corrected chi connectivity index (χ2v) is 7.41. The number of nitrogen functional groups attached to an aromatic ring is 1. The van der Waals surface area contributed by atoms with Crippen LogP contribution >= 0.6 is 0 Å². The highest BCUT2D eigenvalue weighted by Gasteiger charge is 2.30. The molecular weight excluding hydrogens is 344 g/mol. The lowest BCUT2D eigenvalue weighted by molar-refractivity contribution is 0.0698. The van der Waals surface area contributed by atoms with E-state index in [2.05, 4.69) is 19.9 Å². The first-order valence-corrected chi connectivity index (χ1v) is 9.53. The number of rotatable bonds is 2. The molecule has 8 heteroatoms. The molecular formula is C19H24N6O2. The van der Waals surface area contributed by atoms with Gasteiger partial charge in [-0.25, -0.2) is 15.0 Å². The van der Waals surface area contributed by atoms with E-state index in [0.29, 0.717) is 24.6 Å². The molecule has 0 spiro atoms. The van der Waals surface area contributed by atoms with Gasteiger partial charge in [-0.15, -0.1) is 0 Å². The number of piperidine rings is 1. The molecule has 0 aromatic carbocycles. The van der Waals surface area contributed by atoms with Crippen molar-refractivity contribution in [2.75, 3.05) is 18.8 Å². The summed E-state index contributed by atoms with van der Waals surface area (Å²) in [7, 11) is 0. The lowest BCUT2D eigenvalue weighted by Gasteiger charge is -2.33. The number of hydrogen-bond donors (Lipinski definition) is 2. The van der Waals surface area contributed by atoms with Crippen molar-refractivity contribution in [2.45, 2.75) is 51.4 Å². The molecule has 142 valence electrons. The van der Waals surface area contributed by atoms with E-state index in [9.17, 15) is 9.59 Å². The monoisotopic (exact) mass is 368 g/mol. The molecule has 1 fully saturated rings. The molecule has 2 aromatic heterocycles. The Morgan fingerprint density at radius 3 is 2.85 bits per heavy atom. The van der Waals surface area contributed by atoms with Crippen LogP contribution in [0.5, 0.6) is 0 Å². The van der Waals surface area contributed by atoms with Crippen LogP contribution in [0.2, 0.25) is 0 Å². The van der Waals surface area contributed by atoms with Gasteiger partial charge in [0.25, 0.3) is 11.5 Å². The number of nitrogens with zero attached hydrogens (tertiary/aromatic N) is 4. The number of aryl methyl sites for hydroxylation is 2. The largest absolute Gasteiger partial charge is 0.368 e. The van der Waals surface area contributed by atoms with Gasteiger partial charge < -0.3 is 15.6 Å². The molecule has 4 rings (SSSR count). The third kappa shape index (κ3) is 3.56. The van der Waals surface area contributed by atoms with E-state index in [1.54, 1.807) is 6.92 Å². The fourth-order valence-corrected chi connectivity index (χ4v) is 4.15. The number of fused-ring (bicyclic) bond motifs is 1. The predicted octanol–water partition coefficient (Wildman–Crippen LogP) is 1.35. The highest BCUT2D eigenvalue weighted by atomic mass is 16.2. The summed E-state index contributed by atoms with van der Waals surface area (Å²) in [4.78, 5) is 42.6. The maximum atomic E-state index is 13.2. The number of nitrogens with two attached hydrogens (primary N) is 1. The van der Waals surface area contributed by atoms with Crippen molar-refractivity contribution in [1.29, 1.82) is 0 Å². The first kappa shape index (κ1) is 17.6. The minimum Gasteiger partial charge on any atom is -0.368 e. The van der Waals surface area contributed by atoms with E-state index in [1.807, 2.05) is 4.90 Å². The summed E-state index contributed by atoms with van der Waals surface area (Å²) in [5.41, 5.74) is 8.77. The molecule has 1 saturated heterocycles. The van der Waals surface area contributed by atoms with Crippen LogP contribution in [-0.2, 0) is 12.8 Å². The van der Waals surface area contributed by atoms with Crippen LogP contribution in [0, 0.1) is 6.92 Å². The highest BCUT2D eigenvalue weighted by molar-refractivity contribution is 5.94. The van der Waals surface area contributed by atoms with E-state index in [-0.39, 0.29) is 23.3 Å². The number of carbonyl (C=O) groups excluding carboxylic acids is 1. The first-order chi connectivity index (χ1) is 13.0. The van der Waals surface area contributed by atoms with E-state index in [0.717, 1.165) is 55.5 Å². The molecule has 1 amide bonds. The van der Waals surface area contributed by atoms with Gasteiger partial charge >= 0.3 is 0 Å². The number of nitrogens with one attached hydrogen (secondary N) is 1. The summed E-state index contributed by atoms with van der Waals surface area (Å²) in [6.07, 6.45) is 5.55. The fraction of sp³-hybridized carbons (Fsp3) is 0.526. The minimum absolute atomic E-state index is 0.0544. The maximum absolute atomic E-state index is 13.2. The number of carbonyl (C=O) groups is 1. The van der Waals surface area contributed by atoms with Crippen LogP contribution < -0.4 is 11.3 Å². The van der Waals surface area contributed by atoms with Gasteiger partial charge in [0.2, 0.25) is 5.95 Å². The summed E-state index contributed by atoms with van der Waals surface area (Å²) < 4.78 is 0. The number of hydrogen-bond acceptors (Lipinski definition) is 6. The molecule has 0 radical (unpaired) electrons. The van der Waals surface area contributed by atoms with Crippen molar-refractivity contribution >= 4 is 11.9 Å². The Balaban J connectivity index is 1.61. The Morgan fingerprint density at radius 1 is 1.22 bits per heavy atom. The molecule has 1 aliphatic heterocycles. The number of amides is 1. The van der Waals surface area contributed by atoms with Crippen molar-refractivity contribution in [3.05, 3.63) is 44.9 Å². The molecule has 27 heavy (non-hydrogen) atoms. The molecule has 3 N–H and O–H groups in total. The number of aromatic nitrogens is 4. The van der Waals surface area contributed by atoms with Gasteiger partial charge in [0.05, 0.1) is 5.69 Å². The molecule has 0 unspecified atom stereocenters. The quantitative estimate of drug-likeness (QED) is 0.826. The van der Waals surface area contributed by atoms with Gasteiger partial charge in [-0.3, -0.25) is 9.59 Å². The molecule has 3 heterocycles. The van der Waals surface area contributed by atoms with Gasteiger partial charge in [0, 0.05) is 36.3 Å². The van der Waals surface area contributed by atoms with Crippen LogP contribution in [0.3, 0.4) is 0 Å². The molecule has 1 aliphatic carbocycles. The van der Waals surface area contributed by atoms with Crippen molar-refractivity contribution in [3.8, 4) is 0 Å². The normalized spacial score (nSPS) is 19.6. The van der Waals surface area contributed by atoms with Gasteiger partial charge in [-0.2, -0.15) is 0 Å². The van der Waals surface area contributed by atoms with Gasteiger partial charge in [-0.05, 0) is 45.4 Å². The average molecular weight is 368 g/mol. The maximum Gasteiger partial charge on any atom is 0.272 e. The van der Waals surface area contributed by atoms with E-state index >= 15 is 0 Å². The van der Waals surface area contributed by atoms with Crippen LogP contribution in [0.15, 0.2) is 10.9 Å². The average Bonchev–Trinajstić information content (AvgIpc) is 2.66. The van der Waals surface area contributed by atoms with Crippen LogP contribution in [0.4, 0.5) is 5.95 Å². The third-order valence-corrected chi connectivity index (χ3v) is 5.41. The number of likely N-dealkylation sites (tertiary alicyclic amines) is 1. The molecule has 8 nitrogen and oxygen atoms in total. The molecule has 0 saturated carbocycles. The second kappa shape index (κ2) is 7.09. The van der Waals surface area contributed by atoms with Gasteiger partial charge in [0.1, 0.15) is 11.5 Å². The smallest absolute Gasteiger partial charge is 0.272 e. The second-order valence-electron chi connectivity index (χ2n) is 7.41. The zero-order chi connectivity index (χ0) is 19.0. The first-order valence-electron chi connectivity index (χ1n) is 9.53. The van der Waals surface area contributed by atoms with Crippen molar-refractivity contribution < 1.29 is 4.79 Å². The summed E-state index contributed by atoms with van der Waals surface area (Å²) in [6.45, 7) is 2.98. The number of aromatic amines is 1. The zero-order valence-electron chi connectivity index (χ0n) is 15.5. The number of anilines is 1. The van der Waals surface area contributed by atoms with Crippen LogP contribution in [0.25, 0.3) is 0 Å². The van der Waals surface area contributed by atoms with Crippen LogP contribution in [0.1, 0.15) is 64.9 Å². The summed E-state index contributed by atoms with van der Waals surface area (Å²) in [6, 6.07) is 1.54. The Morgan fingerprint density at radius 2 is 2.04 bits per heavy atom. The predicted molar refractivity (Wildman–Crippen MR) is 101 cm³/mol. The van der Waals surface area contributed by atoms with E-state index < -0.39 is 0 Å². The third-order valence-electron chi connectivity index (χ3n) is 5.41. The summed E-state index contributed by atoms with van der Waals surface area (Å²) in [5.74, 6) is 0.727. The van der Waals surface area contributed by atoms with E-state index in [1.165, 1.54) is 6.07 Å². The Bertz CT molecular complexity index is 938. The fourth-order valence-electron chi connectivity index (χ4n) is 4.15. The standard InChI is InChI=1S/C19H24N6O2/c1-11-21-15(9-16(26)22-11)12-5-4-8-25(10-12)18(27)17-13-6-2-3-7-14(13)23-19(20)24-17/h9,12H,2-8,10H2,1H3,(H2,20,23,24)(H,21,22,26)/t12-/m0/s1. The number of H-pyrrole nitrogens is 1. The Hall–Kier alpha value is -2.77. The van der Waals surface area contributed by atoms with Crippen molar-refractivity contribution in [1.82, 2.24) is 24.8 Å². The lowest BCUT2D eigenvalue weighted by Crippen LogP contribution is -2.40. The van der Waals surface area contributed by atoms with Gasteiger partial charge in [0.15, 0.2) is 0 Å². The Kier molecular flexibility index (Phi) is 4.63. The van der Waals surface area contributed by atoms with Crippen molar-refractivity contribution in [2.24, 2.45) is 0 Å². The zero-order valence-corrected chi connectivity index (χ0v) is 15.5. The van der Waals surface area contributed by atoms with Crippen LogP contribution in [-0.4, -0.2) is 43.8 Å².